The Kier molecular flexibility index (Phi) is 9.81. The number of amides is 1. The van der Waals surface area contributed by atoms with E-state index in [0.29, 0.717) is 51.3 Å². The first-order valence-electron chi connectivity index (χ1n) is 11.3. The molecule has 1 heterocycles. The zero-order valence-electron chi connectivity index (χ0n) is 18.3. The molecule has 1 aromatic carbocycles. The van der Waals surface area contributed by atoms with Gasteiger partial charge in [0.25, 0.3) is 5.91 Å². The van der Waals surface area contributed by atoms with E-state index in [1.807, 2.05) is 31.2 Å². The quantitative estimate of drug-likeness (QED) is 0.439. The van der Waals surface area contributed by atoms with Gasteiger partial charge in [0.15, 0.2) is 5.76 Å². The molecule has 2 N–H and O–H groups in total. The van der Waals surface area contributed by atoms with Crippen LogP contribution in [0.25, 0.3) is 0 Å². The van der Waals surface area contributed by atoms with Gasteiger partial charge in [-0.05, 0) is 43.7 Å². The third kappa shape index (κ3) is 7.61. The fourth-order valence-corrected chi connectivity index (χ4v) is 3.75. The van der Waals surface area contributed by atoms with Crippen molar-refractivity contribution in [2.45, 2.75) is 38.4 Å². The number of allylic oxidation sites excluding steroid dienone is 1. The van der Waals surface area contributed by atoms with Gasteiger partial charge in [0.2, 0.25) is 6.29 Å². The fourth-order valence-electron chi connectivity index (χ4n) is 3.75. The Labute approximate surface area is 184 Å². The van der Waals surface area contributed by atoms with E-state index in [4.69, 9.17) is 24.1 Å². The number of nitrogens with one attached hydrogen (secondary N) is 1. The van der Waals surface area contributed by atoms with E-state index in [1.54, 1.807) is 0 Å². The summed E-state index contributed by atoms with van der Waals surface area (Å²) < 4.78 is 22.9. The summed E-state index contributed by atoms with van der Waals surface area (Å²) in [5.74, 6) is 0.769. The van der Waals surface area contributed by atoms with Crippen LogP contribution in [0.5, 0.6) is 0 Å². The number of rotatable bonds is 14. The maximum absolute atomic E-state index is 12.7. The maximum Gasteiger partial charge on any atom is 0.286 e. The molecule has 1 aliphatic carbocycles. The lowest BCUT2D eigenvalue weighted by Crippen LogP contribution is -2.39. The van der Waals surface area contributed by atoms with Gasteiger partial charge in [0, 0.05) is 31.6 Å². The summed E-state index contributed by atoms with van der Waals surface area (Å²) in [5.41, 5.74) is 1.12. The van der Waals surface area contributed by atoms with Gasteiger partial charge in [0.05, 0.1) is 26.4 Å². The van der Waals surface area contributed by atoms with Crippen molar-refractivity contribution < 1.29 is 28.8 Å². The number of carbonyl (C=O) groups is 1. The lowest BCUT2D eigenvalue weighted by molar-refractivity contribution is -0.168. The minimum absolute atomic E-state index is 0.0110. The molecule has 3 atom stereocenters. The molecule has 1 amide bonds. The smallest absolute Gasteiger partial charge is 0.286 e. The molecule has 1 saturated carbocycles. The van der Waals surface area contributed by atoms with Gasteiger partial charge in [-0.25, -0.2) is 0 Å². The first-order chi connectivity index (χ1) is 15.2. The second-order valence-corrected chi connectivity index (χ2v) is 7.96. The van der Waals surface area contributed by atoms with Crippen molar-refractivity contribution in [1.82, 2.24) is 5.32 Å². The second kappa shape index (κ2) is 12.8. The molecular weight excluding hydrogens is 398 g/mol. The van der Waals surface area contributed by atoms with Crippen molar-refractivity contribution >= 4 is 5.91 Å². The van der Waals surface area contributed by atoms with Crippen LogP contribution < -0.4 is 5.32 Å². The number of hydrogen-bond donors (Lipinski definition) is 2. The molecule has 7 nitrogen and oxygen atoms in total. The molecule has 1 fully saturated rings. The number of hydrogen-bond acceptors (Lipinski definition) is 6. The summed E-state index contributed by atoms with van der Waals surface area (Å²) in [4.78, 5) is 12.7. The van der Waals surface area contributed by atoms with Crippen molar-refractivity contribution in [3.05, 3.63) is 47.7 Å². The molecular formula is C24H35NO6. The van der Waals surface area contributed by atoms with Crippen LogP contribution in [0.15, 0.2) is 42.2 Å². The number of aliphatic hydroxyl groups is 1. The molecule has 172 valence electrons. The lowest BCUT2D eigenvalue weighted by Gasteiger charge is -2.37. The molecule has 0 aromatic heterocycles. The minimum Gasteiger partial charge on any atom is -0.459 e. The van der Waals surface area contributed by atoms with E-state index >= 15 is 0 Å². The molecule has 3 rings (SSSR count). The fraction of sp³-hybridized carbons (Fsp3) is 0.625. The van der Waals surface area contributed by atoms with Crippen LogP contribution >= 0.6 is 0 Å². The van der Waals surface area contributed by atoms with Crippen molar-refractivity contribution in [2.75, 3.05) is 46.2 Å². The number of carbonyl (C=O) groups excluding carboxylic acids is 1. The van der Waals surface area contributed by atoms with Crippen LogP contribution in [0, 0.1) is 11.8 Å². The molecule has 1 aliphatic heterocycles. The molecule has 7 heteroatoms. The van der Waals surface area contributed by atoms with Crippen LogP contribution in [0.4, 0.5) is 0 Å². The second-order valence-electron chi connectivity index (χ2n) is 7.96. The summed E-state index contributed by atoms with van der Waals surface area (Å²) in [5, 5.41) is 11.7. The Balaban J connectivity index is 1.68. The Morgan fingerprint density at radius 3 is 2.55 bits per heavy atom. The molecule has 0 unspecified atom stereocenters. The highest BCUT2D eigenvalue weighted by atomic mass is 16.7. The third-order valence-corrected chi connectivity index (χ3v) is 5.58. The van der Waals surface area contributed by atoms with Crippen LogP contribution in [-0.4, -0.2) is 63.5 Å². The van der Waals surface area contributed by atoms with Crippen molar-refractivity contribution in [3.8, 4) is 0 Å². The molecule has 0 bridgehead atoms. The zero-order valence-corrected chi connectivity index (χ0v) is 18.3. The number of benzene rings is 1. The highest BCUT2D eigenvalue weighted by molar-refractivity contribution is 5.91. The molecule has 2 aliphatic rings. The Morgan fingerprint density at radius 1 is 1.13 bits per heavy atom. The van der Waals surface area contributed by atoms with Crippen molar-refractivity contribution in [3.63, 3.8) is 0 Å². The van der Waals surface area contributed by atoms with E-state index in [9.17, 15) is 4.79 Å². The van der Waals surface area contributed by atoms with Gasteiger partial charge in [-0.1, -0.05) is 30.3 Å². The molecule has 0 spiro atoms. The Morgan fingerprint density at radius 2 is 1.87 bits per heavy atom. The lowest BCUT2D eigenvalue weighted by atomic mass is 9.81. The minimum atomic E-state index is -0.517. The normalized spacial score (nSPS) is 23.2. The summed E-state index contributed by atoms with van der Waals surface area (Å²) >= 11 is 0. The topological polar surface area (TPSA) is 86.3 Å². The predicted octanol–water partition coefficient (Wildman–Crippen LogP) is 2.60. The van der Waals surface area contributed by atoms with Crippen LogP contribution in [0.3, 0.4) is 0 Å². The van der Waals surface area contributed by atoms with Crippen molar-refractivity contribution in [2.24, 2.45) is 11.8 Å². The average Bonchev–Trinajstić information content (AvgIpc) is 3.62. The first kappa shape index (κ1) is 23.7. The monoisotopic (exact) mass is 433 g/mol. The summed E-state index contributed by atoms with van der Waals surface area (Å²) in [6.45, 7) is 4.89. The molecule has 1 aromatic rings. The Hall–Kier alpha value is -1.93. The van der Waals surface area contributed by atoms with E-state index in [1.165, 1.54) is 12.8 Å². The van der Waals surface area contributed by atoms with Crippen LogP contribution in [-0.2, 0) is 23.7 Å². The summed E-state index contributed by atoms with van der Waals surface area (Å²) in [7, 11) is 0. The Bertz CT molecular complexity index is 691. The number of aliphatic hydroxyl groups excluding tert-OH is 1. The average molecular weight is 434 g/mol. The number of ether oxygens (including phenoxy) is 4. The van der Waals surface area contributed by atoms with E-state index in [-0.39, 0.29) is 24.3 Å². The largest absolute Gasteiger partial charge is 0.459 e. The molecule has 0 radical (unpaired) electrons. The molecule has 0 saturated heterocycles. The summed E-state index contributed by atoms with van der Waals surface area (Å²) in [6.07, 6.45) is 4.50. The van der Waals surface area contributed by atoms with Gasteiger partial charge in [-0.3, -0.25) is 4.79 Å². The molecule has 31 heavy (non-hydrogen) atoms. The van der Waals surface area contributed by atoms with Crippen LogP contribution in [0.2, 0.25) is 0 Å². The first-order valence-corrected chi connectivity index (χ1v) is 11.3. The summed E-state index contributed by atoms with van der Waals surface area (Å²) in [6, 6.07) is 10.2. The third-order valence-electron chi connectivity index (χ3n) is 5.58. The van der Waals surface area contributed by atoms with Gasteiger partial charge < -0.3 is 29.4 Å². The predicted molar refractivity (Wildman–Crippen MR) is 116 cm³/mol. The van der Waals surface area contributed by atoms with Crippen LogP contribution in [0.1, 0.15) is 37.7 Å². The van der Waals surface area contributed by atoms with Gasteiger partial charge >= 0.3 is 0 Å². The van der Waals surface area contributed by atoms with Gasteiger partial charge in [-0.2, -0.15) is 0 Å². The van der Waals surface area contributed by atoms with Gasteiger partial charge in [-0.15, -0.1) is 0 Å². The highest BCUT2D eigenvalue weighted by Crippen LogP contribution is 2.38. The van der Waals surface area contributed by atoms with E-state index in [0.717, 1.165) is 12.0 Å². The highest BCUT2D eigenvalue weighted by Gasteiger charge is 2.38. The standard InChI is InChI=1S/C24H35NO6/c1-2-30-24-20(10-12-28-14-15-29-13-11-26)21(19-6-4-3-5-7-19)16-22(31-24)23(27)25-17-18-8-9-18/h3-7,16,18,20-21,24,26H,2,8-15,17H2,1H3,(H,25,27)/t20-,21+,24+/m1/s1. The SMILES string of the molecule is CCO[C@H]1OC(C(=O)NCC2CC2)=C[C@@H](c2ccccc2)[C@H]1CCOCCOCCO. The van der Waals surface area contributed by atoms with Crippen molar-refractivity contribution in [1.29, 1.82) is 0 Å². The van der Waals surface area contributed by atoms with E-state index < -0.39 is 6.29 Å². The van der Waals surface area contributed by atoms with Gasteiger partial charge in [0.1, 0.15) is 0 Å². The maximum atomic E-state index is 12.7. The zero-order chi connectivity index (χ0) is 21.9. The van der Waals surface area contributed by atoms with E-state index in [2.05, 4.69) is 17.4 Å².